The van der Waals surface area contributed by atoms with Crippen LogP contribution in [0.15, 0.2) is 212 Å². The summed E-state index contributed by atoms with van der Waals surface area (Å²) in [6.07, 6.45) is 0. The topological polar surface area (TPSA) is 17.8 Å². The third-order valence-corrected chi connectivity index (χ3v) is 13.3. The summed E-state index contributed by atoms with van der Waals surface area (Å²) in [6, 6.07) is 77.9. The standard InChI is InChI=1S/C60H38N2/c1-37-44-19-9-14-26-52(44)57(41-29-27-39(28-30-41)38-15-3-2-4-16-38)61-60(37)62-58-46-21-8-5-17-40(46)31-34-53(58)55-35-42-18-6-7-20-45(42)56(59(55)62)43-32-33-51-49-24-11-10-22-47(49)48-23-12-13-25-50(48)54(51)36-43/h2-36H,1H3. The van der Waals surface area contributed by atoms with Crippen molar-refractivity contribution in [1.29, 1.82) is 0 Å². The van der Waals surface area contributed by atoms with Crippen molar-refractivity contribution >= 4 is 86.4 Å². The number of rotatable bonds is 4. The molecule has 0 aliphatic heterocycles. The molecule has 0 N–H and O–H groups in total. The van der Waals surface area contributed by atoms with Gasteiger partial charge < -0.3 is 0 Å². The summed E-state index contributed by atoms with van der Waals surface area (Å²) < 4.78 is 2.51. The molecule has 0 unspecified atom stereocenters. The fraction of sp³-hybridized carbons (Fsp3) is 0.0167. The molecule has 0 spiro atoms. The fourth-order valence-electron chi connectivity index (χ4n) is 10.4. The molecule has 62 heavy (non-hydrogen) atoms. The first kappa shape index (κ1) is 34.8. The summed E-state index contributed by atoms with van der Waals surface area (Å²) in [5, 5.41) is 17.2. The van der Waals surface area contributed by atoms with E-state index in [4.69, 9.17) is 4.98 Å². The largest absolute Gasteiger partial charge is 0.292 e. The van der Waals surface area contributed by atoms with E-state index in [1.54, 1.807) is 0 Å². The van der Waals surface area contributed by atoms with Gasteiger partial charge in [-0.3, -0.25) is 4.57 Å². The number of pyridine rings is 1. The maximum atomic E-state index is 5.83. The molecule has 2 nitrogen and oxygen atoms in total. The Bertz CT molecular complexity index is 3930. The van der Waals surface area contributed by atoms with Gasteiger partial charge in [-0.1, -0.05) is 200 Å². The van der Waals surface area contributed by atoms with Crippen molar-refractivity contribution in [1.82, 2.24) is 9.55 Å². The van der Waals surface area contributed by atoms with E-state index >= 15 is 0 Å². The van der Waals surface area contributed by atoms with Crippen molar-refractivity contribution in [3.05, 3.63) is 218 Å². The molecule has 0 aliphatic rings. The molecule has 0 amide bonds. The molecule has 2 aromatic heterocycles. The zero-order chi connectivity index (χ0) is 40.9. The molecule has 2 heteroatoms. The molecule has 13 aromatic rings. The van der Waals surface area contributed by atoms with Crippen molar-refractivity contribution in [2.75, 3.05) is 0 Å². The van der Waals surface area contributed by atoms with Gasteiger partial charge in [0.1, 0.15) is 5.82 Å². The highest BCUT2D eigenvalue weighted by molar-refractivity contribution is 6.28. The normalized spacial score (nSPS) is 12.0. The second-order valence-electron chi connectivity index (χ2n) is 16.6. The van der Waals surface area contributed by atoms with Crippen LogP contribution in [0.3, 0.4) is 0 Å². The van der Waals surface area contributed by atoms with Crippen molar-refractivity contribution in [2.24, 2.45) is 0 Å². The maximum absolute atomic E-state index is 5.83. The molecule has 288 valence electrons. The third-order valence-electron chi connectivity index (χ3n) is 13.3. The van der Waals surface area contributed by atoms with Gasteiger partial charge in [0, 0.05) is 38.2 Å². The van der Waals surface area contributed by atoms with Gasteiger partial charge in [0.15, 0.2) is 0 Å². The molecule has 0 saturated carbocycles. The van der Waals surface area contributed by atoms with Gasteiger partial charge in [-0.25, -0.2) is 4.98 Å². The summed E-state index contributed by atoms with van der Waals surface area (Å²) >= 11 is 0. The Labute approximate surface area is 358 Å². The SMILES string of the molecule is Cc1c(-n2c3c(-c4ccc5c6ccccc6c6ccccc6c5c4)c4ccccc4cc3c3ccc4ccccc4c32)nc(-c2ccc(-c3ccccc3)cc2)c2ccccc12. The van der Waals surface area contributed by atoms with E-state index in [-0.39, 0.29) is 0 Å². The number of aryl methyl sites for hydroxylation is 1. The first-order chi connectivity index (χ1) is 30.7. The lowest BCUT2D eigenvalue weighted by molar-refractivity contribution is 1.07. The second-order valence-corrected chi connectivity index (χ2v) is 16.6. The first-order valence-corrected chi connectivity index (χ1v) is 21.5. The predicted molar refractivity (Wildman–Crippen MR) is 265 cm³/mol. The molecule has 0 aliphatic carbocycles. The van der Waals surface area contributed by atoms with Crippen molar-refractivity contribution < 1.29 is 0 Å². The van der Waals surface area contributed by atoms with Gasteiger partial charge in [-0.2, -0.15) is 0 Å². The van der Waals surface area contributed by atoms with Crippen LogP contribution >= 0.6 is 0 Å². The number of hydrogen-bond acceptors (Lipinski definition) is 1. The van der Waals surface area contributed by atoms with Crippen LogP contribution in [0.5, 0.6) is 0 Å². The predicted octanol–water partition coefficient (Wildman–Crippen LogP) is 16.4. The van der Waals surface area contributed by atoms with Crippen LogP contribution in [0, 0.1) is 6.92 Å². The summed E-state index contributed by atoms with van der Waals surface area (Å²) in [6.45, 7) is 2.25. The molecule has 13 rings (SSSR count). The lowest BCUT2D eigenvalue weighted by Gasteiger charge is -2.19. The van der Waals surface area contributed by atoms with Crippen molar-refractivity contribution in [3.8, 4) is 39.3 Å². The van der Waals surface area contributed by atoms with Crippen LogP contribution in [0.1, 0.15) is 5.56 Å². The Morgan fingerprint density at radius 1 is 0.306 bits per heavy atom. The van der Waals surface area contributed by atoms with Crippen LogP contribution in [0.25, 0.3) is 126 Å². The Hall–Kier alpha value is -8.07. The first-order valence-electron chi connectivity index (χ1n) is 21.5. The molecule has 0 radical (unpaired) electrons. The minimum absolute atomic E-state index is 0.941. The van der Waals surface area contributed by atoms with Crippen molar-refractivity contribution in [3.63, 3.8) is 0 Å². The van der Waals surface area contributed by atoms with Crippen LogP contribution < -0.4 is 0 Å². The average molecular weight is 787 g/mol. The molecule has 2 heterocycles. The summed E-state index contributed by atoms with van der Waals surface area (Å²) in [4.78, 5) is 5.83. The van der Waals surface area contributed by atoms with E-state index in [0.717, 1.165) is 33.5 Å². The molecular weight excluding hydrogens is 749 g/mol. The van der Waals surface area contributed by atoms with Gasteiger partial charge in [0.05, 0.1) is 16.7 Å². The van der Waals surface area contributed by atoms with Crippen LogP contribution in [0.4, 0.5) is 0 Å². The number of benzene rings is 11. The molecular formula is C60H38N2. The molecule has 0 atom stereocenters. The van der Waals surface area contributed by atoms with E-state index < -0.39 is 0 Å². The molecule has 0 fully saturated rings. The lowest BCUT2D eigenvalue weighted by Crippen LogP contribution is -2.05. The Kier molecular flexibility index (Phi) is 7.55. The molecule has 0 bridgehead atoms. The number of fused-ring (bicyclic) bond motifs is 13. The summed E-state index contributed by atoms with van der Waals surface area (Å²) in [7, 11) is 0. The van der Waals surface area contributed by atoms with Gasteiger partial charge in [0.2, 0.25) is 0 Å². The van der Waals surface area contributed by atoms with Gasteiger partial charge in [-0.05, 0) is 89.6 Å². The van der Waals surface area contributed by atoms with Gasteiger partial charge >= 0.3 is 0 Å². The third kappa shape index (κ3) is 5.07. The zero-order valence-corrected chi connectivity index (χ0v) is 34.1. The van der Waals surface area contributed by atoms with Crippen molar-refractivity contribution in [2.45, 2.75) is 6.92 Å². The zero-order valence-electron chi connectivity index (χ0n) is 34.1. The van der Waals surface area contributed by atoms with Crippen LogP contribution in [-0.4, -0.2) is 9.55 Å². The fourth-order valence-corrected chi connectivity index (χ4v) is 10.4. The monoisotopic (exact) mass is 786 g/mol. The molecule has 0 saturated heterocycles. The minimum Gasteiger partial charge on any atom is -0.292 e. The highest BCUT2D eigenvalue weighted by atomic mass is 15.1. The van der Waals surface area contributed by atoms with E-state index in [1.807, 2.05) is 0 Å². The highest BCUT2D eigenvalue weighted by Crippen LogP contribution is 2.47. The number of nitrogens with zero attached hydrogens (tertiary/aromatic N) is 2. The molecule has 11 aromatic carbocycles. The van der Waals surface area contributed by atoms with Crippen LogP contribution in [-0.2, 0) is 0 Å². The van der Waals surface area contributed by atoms with E-state index in [9.17, 15) is 0 Å². The Morgan fingerprint density at radius 3 is 1.52 bits per heavy atom. The lowest BCUT2D eigenvalue weighted by atomic mass is 9.90. The minimum atomic E-state index is 0.941. The Morgan fingerprint density at radius 2 is 0.806 bits per heavy atom. The Balaban J connectivity index is 1.19. The average Bonchev–Trinajstić information content (AvgIpc) is 3.67. The number of hydrogen-bond donors (Lipinski definition) is 0. The summed E-state index contributed by atoms with van der Waals surface area (Å²) in [5.74, 6) is 0.941. The second kappa shape index (κ2) is 13.5. The summed E-state index contributed by atoms with van der Waals surface area (Å²) in [5.41, 5.74) is 10.3. The van der Waals surface area contributed by atoms with E-state index in [0.29, 0.717) is 0 Å². The van der Waals surface area contributed by atoms with Gasteiger partial charge in [-0.15, -0.1) is 0 Å². The van der Waals surface area contributed by atoms with Gasteiger partial charge in [0.25, 0.3) is 0 Å². The van der Waals surface area contributed by atoms with E-state index in [1.165, 1.54) is 97.8 Å². The quantitative estimate of drug-likeness (QED) is 0.163. The highest BCUT2D eigenvalue weighted by Gasteiger charge is 2.25. The maximum Gasteiger partial charge on any atom is 0.141 e. The number of aromatic nitrogens is 2. The van der Waals surface area contributed by atoms with Crippen LogP contribution in [0.2, 0.25) is 0 Å². The van der Waals surface area contributed by atoms with E-state index in [2.05, 4.69) is 224 Å². The smallest absolute Gasteiger partial charge is 0.141 e.